The maximum atomic E-state index is 14.1. The summed E-state index contributed by atoms with van der Waals surface area (Å²) in [4.78, 5) is 69.0. The van der Waals surface area contributed by atoms with E-state index >= 15 is 0 Å². The second-order valence-corrected chi connectivity index (χ2v) is 13.0. The molecule has 4 aliphatic carbocycles. The van der Waals surface area contributed by atoms with Gasteiger partial charge in [-0.05, 0) is 54.2 Å². The van der Waals surface area contributed by atoms with Crippen molar-refractivity contribution in [2.45, 2.75) is 70.8 Å². The van der Waals surface area contributed by atoms with Crippen LogP contribution < -0.4 is 10.6 Å². The maximum absolute atomic E-state index is 14.1. The van der Waals surface area contributed by atoms with Crippen LogP contribution in [0.15, 0.2) is 6.07 Å². The Bertz CT molecular complexity index is 1290. The lowest BCUT2D eigenvalue weighted by Crippen LogP contribution is -2.71. The number of nitrogens with two attached hydrogens (primary N) is 1. The van der Waals surface area contributed by atoms with E-state index in [4.69, 9.17) is 5.73 Å². The molecule has 3 fully saturated rings. The molecular formula is C31H40N2O7. The number of phenols is 1. The predicted molar refractivity (Wildman–Crippen MR) is 147 cm³/mol. The van der Waals surface area contributed by atoms with E-state index in [0.29, 0.717) is 23.5 Å². The van der Waals surface area contributed by atoms with Gasteiger partial charge in [0, 0.05) is 31.6 Å². The monoisotopic (exact) mass is 552 g/mol. The van der Waals surface area contributed by atoms with Crippen LogP contribution in [0.3, 0.4) is 0 Å². The second kappa shape index (κ2) is 10.1. The molecule has 4 aliphatic rings. The number of Topliss-reactive ketones (excluding diaryl/α,β-unsaturated/α-hetero) is 4. The van der Waals surface area contributed by atoms with Gasteiger partial charge >= 0.3 is 0 Å². The zero-order chi connectivity index (χ0) is 29.3. The molecule has 3 saturated carbocycles. The number of benzene rings is 1. The molecule has 6 atom stereocenters. The summed E-state index contributed by atoms with van der Waals surface area (Å²) in [5.74, 6) is -10.7. The van der Waals surface area contributed by atoms with E-state index in [1.165, 1.54) is 6.42 Å². The van der Waals surface area contributed by atoms with E-state index in [-0.39, 0.29) is 30.1 Å². The molecule has 5 rings (SSSR count). The van der Waals surface area contributed by atoms with E-state index < -0.39 is 64.2 Å². The average molecular weight is 553 g/mol. The Hall–Kier alpha value is -3.07. The molecule has 9 nitrogen and oxygen atoms in total. The average Bonchev–Trinajstić information content (AvgIpc) is 2.87. The summed E-state index contributed by atoms with van der Waals surface area (Å²) in [7, 11) is 3.74. The molecule has 0 heterocycles. The number of aliphatic hydroxyl groups is 1. The molecule has 0 radical (unpaired) electrons. The van der Waals surface area contributed by atoms with E-state index in [0.717, 1.165) is 31.4 Å². The van der Waals surface area contributed by atoms with Gasteiger partial charge in [0.25, 0.3) is 0 Å². The number of rotatable bonds is 5. The van der Waals surface area contributed by atoms with Crippen LogP contribution in [0.25, 0.3) is 0 Å². The van der Waals surface area contributed by atoms with Crippen molar-refractivity contribution in [3.63, 3.8) is 0 Å². The molecule has 1 aromatic rings. The Morgan fingerprint density at radius 3 is 2.33 bits per heavy atom. The lowest BCUT2D eigenvalue weighted by molar-refractivity contribution is -0.182. The number of amides is 1. The number of hydrogen-bond acceptors (Lipinski definition) is 8. The number of primary amides is 1. The van der Waals surface area contributed by atoms with Gasteiger partial charge in [-0.1, -0.05) is 46.0 Å². The van der Waals surface area contributed by atoms with Crippen LogP contribution in [0.4, 0.5) is 5.69 Å². The normalized spacial score (nSPS) is 32.5. The van der Waals surface area contributed by atoms with Gasteiger partial charge in [-0.3, -0.25) is 24.0 Å². The van der Waals surface area contributed by atoms with Crippen LogP contribution in [0.1, 0.15) is 73.9 Å². The summed E-state index contributed by atoms with van der Waals surface area (Å²) in [6.45, 7) is 3.48. The standard InChI is InChI=1S/C31H40N2O7/c1-14(2)21-19-12-16-11-18-20(33(3)4)13-17(10-15-8-6-5-7-9-15)25(34)23(18)27(36)22(16)28(37)31(19,40)29(38)24(26(21)35)30(32)39/h13-16,19,21-22,24,34,40H,5-12H2,1-4H3,(H2,32,39)/t16-,19-,21-,22?,24?,31-/m0/s1. The summed E-state index contributed by atoms with van der Waals surface area (Å²) < 4.78 is 0. The maximum Gasteiger partial charge on any atom is 0.235 e. The molecule has 4 N–H and O–H groups in total. The number of fused-ring (bicyclic) bond motifs is 3. The number of aromatic hydroxyl groups is 1. The number of nitrogens with zero attached hydrogens (tertiary/aromatic N) is 1. The third kappa shape index (κ3) is 4.11. The van der Waals surface area contributed by atoms with Gasteiger partial charge in [-0.2, -0.15) is 0 Å². The van der Waals surface area contributed by atoms with Gasteiger partial charge in [0.1, 0.15) is 5.75 Å². The number of anilines is 1. The highest BCUT2D eigenvalue weighted by Gasteiger charge is 2.69. The number of phenolic OH excluding ortho intramolecular Hbond substituents is 1. The number of hydrogen-bond donors (Lipinski definition) is 3. The van der Waals surface area contributed by atoms with Crippen molar-refractivity contribution in [1.29, 1.82) is 0 Å². The van der Waals surface area contributed by atoms with E-state index in [2.05, 4.69) is 0 Å². The van der Waals surface area contributed by atoms with Crippen molar-refractivity contribution < 1.29 is 34.2 Å². The minimum absolute atomic E-state index is 0.0832. The Labute approximate surface area is 234 Å². The van der Waals surface area contributed by atoms with Crippen molar-refractivity contribution in [1.82, 2.24) is 0 Å². The fourth-order valence-electron chi connectivity index (χ4n) is 8.21. The van der Waals surface area contributed by atoms with Crippen LogP contribution in [0.2, 0.25) is 0 Å². The fraction of sp³-hybridized carbons (Fsp3) is 0.645. The van der Waals surface area contributed by atoms with E-state index in [9.17, 15) is 34.2 Å². The van der Waals surface area contributed by atoms with Crippen molar-refractivity contribution in [3.8, 4) is 5.75 Å². The van der Waals surface area contributed by atoms with Crippen LogP contribution >= 0.6 is 0 Å². The van der Waals surface area contributed by atoms with Gasteiger partial charge in [0.15, 0.2) is 34.7 Å². The van der Waals surface area contributed by atoms with Crippen LogP contribution in [-0.2, 0) is 32.0 Å². The molecular weight excluding hydrogens is 512 g/mol. The molecule has 0 aromatic heterocycles. The van der Waals surface area contributed by atoms with Gasteiger partial charge < -0.3 is 20.8 Å². The minimum atomic E-state index is -2.67. The lowest BCUT2D eigenvalue weighted by atomic mass is 9.49. The van der Waals surface area contributed by atoms with Gasteiger partial charge in [0.2, 0.25) is 5.91 Å². The summed E-state index contributed by atoms with van der Waals surface area (Å²) in [5, 5.41) is 23.2. The zero-order valence-corrected chi connectivity index (χ0v) is 23.7. The van der Waals surface area contributed by atoms with Crippen molar-refractivity contribution in [2.75, 3.05) is 19.0 Å². The molecule has 1 amide bonds. The summed E-state index contributed by atoms with van der Waals surface area (Å²) >= 11 is 0. The minimum Gasteiger partial charge on any atom is -0.507 e. The van der Waals surface area contributed by atoms with Crippen molar-refractivity contribution >= 4 is 34.7 Å². The lowest BCUT2D eigenvalue weighted by Gasteiger charge is -2.52. The van der Waals surface area contributed by atoms with E-state index in [1.54, 1.807) is 13.8 Å². The SMILES string of the molecule is CC(C)[C@@H]1C(=O)C(C(N)=O)C(=O)[C@@]2(O)C(=O)C3C(=O)c4c(O)c(CC5CCCCC5)cc(N(C)C)c4C[C@H]3C[C@@H]12. The molecule has 216 valence electrons. The molecule has 40 heavy (non-hydrogen) atoms. The Morgan fingerprint density at radius 2 is 1.75 bits per heavy atom. The highest BCUT2D eigenvalue weighted by atomic mass is 16.3. The predicted octanol–water partition coefficient (Wildman–Crippen LogP) is 2.40. The van der Waals surface area contributed by atoms with E-state index in [1.807, 2.05) is 25.1 Å². The summed E-state index contributed by atoms with van der Waals surface area (Å²) in [5.41, 5.74) is 4.92. The first-order valence-corrected chi connectivity index (χ1v) is 14.5. The number of ketones is 4. The summed E-state index contributed by atoms with van der Waals surface area (Å²) in [6.07, 6.45) is 6.56. The van der Waals surface area contributed by atoms with Gasteiger partial charge in [-0.25, -0.2) is 0 Å². The second-order valence-electron chi connectivity index (χ2n) is 13.0. The quantitative estimate of drug-likeness (QED) is 0.471. The smallest absolute Gasteiger partial charge is 0.235 e. The van der Waals surface area contributed by atoms with Gasteiger partial charge in [0.05, 0.1) is 11.5 Å². The molecule has 0 spiro atoms. The highest BCUT2D eigenvalue weighted by Crippen LogP contribution is 2.54. The number of carbonyl (C=O) groups excluding carboxylic acids is 5. The Kier molecular flexibility index (Phi) is 7.18. The molecule has 0 saturated heterocycles. The topological polar surface area (TPSA) is 155 Å². The zero-order valence-electron chi connectivity index (χ0n) is 23.7. The Morgan fingerprint density at radius 1 is 1.10 bits per heavy atom. The largest absolute Gasteiger partial charge is 0.507 e. The summed E-state index contributed by atoms with van der Waals surface area (Å²) in [6, 6.07) is 1.94. The van der Waals surface area contributed by atoms with Crippen molar-refractivity contribution in [3.05, 3.63) is 22.8 Å². The first kappa shape index (κ1) is 28.5. The third-order valence-corrected chi connectivity index (χ3v) is 10.1. The molecule has 9 heteroatoms. The van der Waals surface area contributed by atoms with Crippen LogP contribution in [0.5, 0.6) is 5.75 Å². The molecule has 0 bridgehead atoms. The molecule has 1 aromatic carbocycles. The fourth-order valence-corrected chi connectivity index (χ4v) is 8.21. The van der Waals surface area contributed by atoms with Crippen LogP contribution in [0, 0.1) is 41.4 Å². The molecule has 2 unspecified atom stereocenters. The van der Waals surface area contributed by atoms with Gasteiger partial charge in [-0.15, -0.1) is 0 Å². The van der Waals surface area contributed by atoms with Crippen LogP contribution in [-0.4, -0.2) is 58.9 Å². The first-order valence-electron chi connectivity index (χ1n) is 14.5. The third-order valence-electron chi connectivity index (χ3n) is 10.1. The Balaban J connectivity index is 1.61. The molecule has 0 aliphatic heterocycles. The number of carbonyl (C=O) groups is 5. The van der Waals surface area contributed by atoms with Crippen molar-refractivity contribution in [2.24, 2.45) is 47.2 Å². The first-order chi connectivity index (χ1) is 18.8. The highest BCUT2D eigenvalue weighted by molar-refractivity contribution is 6.32.